The van der Waals surface area contributed by atoms with Gasteiger partial charge in [-0.2, -0.15) is 0 Å². The van der Waals surface area contributed by atoms with Crippen molar-refractivity contribution >= 4 is 28.9 Å². The van der Waals surface area contributed by atoms with Crippen LogP contribution >= 0.6 is 11.6 Å². The van der Waals surface area contributed by atoms with Crippen LogP contribution in [0.2, 0.25) is 5.02 Å². The molecule has 1 amide bonds. The lowest BCUT2D eigenvalue weighted by Crippen LogP contribution is -2.32. The van der Waals surface area contributed by atoms with E-state index in [4.69, 9.17) is 17.3 Å². The molecule has 1 aromatic carbocycles. The first-order valence-corrected chi connectivity index (χ1v) is 5.54. The second kappa shape index (κ2) is 4.14. The number of carbonyl (C=O) groups excluding carboxylic acids is 1. The van der Waals surface area contributed by atoms with E-state index in [2.05, 4.69) is 0 Å². The zero-order valence-corrected chi connectivity index (χ0v) is 9.89. The number of anilines is 2. The second-order valence-electron chi connectivity index (χ2n) is 4.04. The lowest BCUT2D eigenvalue weighted by Gasteiger charge is -2.24. The van der Waals surface area contributed by atoms with Gasteiger partial charge in [0.25, 0.3) is 0 Å². The van der Waals surface area contributed by atoms with E-state index in [0.29, 0.717) is 0 Å². The Morgan fingerprint density at radius 1 is 1.53 bits per heavy atom. The average molecular weight is 261 g/mol. The fourth-order valence-corrected chi connectivity index (χ4v) is 2.07. The molecule has 0 aromatic heterocycles. The Morgan fingerprint density at radius 3 is 2.59 bits per heavy atom. The van der Waals surface area contributed by atoms with E-state index >= 15 is 0 Å². The van der Waals surface area contributed by atoms with Gasteiger partial charge < -0.3 is 10.6 Å². The van der Waals surface area contributed by atoms with Crippen LogP contribution in [0.3, 0.4) is 0 Å². The molecule has 92 valence electrons. The number of rotatable bonds is 2. The van der Waals surface area contributed by atoms with Crippen molar-refractivity contribution in [3.63, 3.8) is 0 Å². The lowest BCUT2D eigenvalue weighted by atomic mass is 10.2. The number of halogens is 3. The van der Waals surface area contributed by atoms with Crippen LogP contribution in [0.4, 0.5) is 20.2 Å². The van der Waals surface area contributed by atoms with Gasteiger partial charge in [-0.05, 0) is 12.8 Å². The number of nitrogen functional groups attached to an aromatic ring is 1. The number of amides is 1. The maximum Gasteiger partial charge on any atom is 0.224 e. The zero-order chi connectivity index (χ0) is 12.7. The topological polar surface area (TPSA) is 46.3 Å². The van der Waals surface area contributed by atoms with Crippen LogP contribution in [0.15, 0.2) is 6.07 Å². The first kappa shape index (κ1) is 12.1. The summed E-state index contributed by atoms with van der Waals surface area (Å²) in [6.07, 6.45) is 1.63. The summed E-state index contributed by atoms with van der Waals surface area (Å²) in [5.74, 6) is -2.58. The number of hydrogen-bond acceptors (Lipinski definition) is 2. The Hall–Kier alpha value is -1.36. The minimum atomic E-state index is -1.18. The minimum absolute atomic E-state index is 0.0165. The molecule has 0 bridgehead atoms. The second-order valence-corrected chi connectivity index (χ2v) is 4.42. The van der Waals surface area contributed by atoms with Crippen LogP contribution in [-0.2, 0) is 4.79 Å². The SMILES string of the molecule is CC(=O)N(c1c(N)cc(F)c(F)c1Cl)C1CC1. The van der Waals surface area contributed by atoms with E-state index in [1.165, 1.54) is 11.8 Å². The van der Waals surface area contributed by atoms with Gasteiger partial charge in [-0.1, -0.05) is 11.6 Å². The van der Waals surface area contributed by atoms with Crippen LogP contribution in [0.5, 0.6) is 0 Å². The molecule has 0 saturated heterocycles. The highest BCUT2D eigenvalue weighted by Gasteiger charge is 2.35. The average Bonchev–Trinajstić information content (AvgIpc) is 3.04. The molecule has 0 radical (unpaired) electrons. The molecule has 1 saturated carbocycles. The highest BCUT2D eigenvalue weighted by molar-refractivity contribution is 6.34. The summed E-state index contributed by atoms with van der Waals surface area (Å²) in [5, 5.41) is -0.440. The van der Waals surface area contributed by atoms with Crippen LogP contribution < -0.4 is 10.6 Å². The van der Waals surface area contributed by atoms with Gasteiger partial charge in [-0.25, -0.2) is 8.78 Å². The van der Waals surface area contributed by atoms with Crippen molar-refractivity contribution in [1.82, 2.24) is 0 Å². The van der Waals surface area contributed by atoms with Crippen LogP contribution in [-0.4, -0.2) is 11.9 Å². The number of nitrogens with zero attached hydrogens (tertiary/aromatic N) is 1. The Morgan fingerprint density at radius 2 is 2.12 bits per heavy atom. The van der Waals surface area contributed by atoms with Crippen molar-refractivity contribution in [1.29, 1.82) is 0 Å². The third-order valence-corrected chi connectivity index (χ3v) is 3.00. The van der Waals surface area contributed by atoms with Gasteiger partial charge in [0.15, 0.2) is 11.6 Å². The third kappa shape index (κ3) is 2.07. The Bertz CT molecular complexity index is 489. The van der Waals surface area contributed by atoms with Crippen LogP contribution in [0.25, 0.3) is 0 Å². The van der Waals surface area contributed by atoms with Crippen molar-refractivity contribution in [2.45, 2.75) is 25.8 Å². The summed E-state index contributed by atoms with van der Waals surface area (Å²) in [6, 6.07) is 0.826. The maximum atomic E-state index is 13.4. The fraction of sp³-hybridized carbons (Fsp3) is 0.364. The molecule has 1 fully saturated rings. The highest BCUT2D eigenvalue weighted by atomic mass is 35.5. The molecule has 0 atom stereocenters. The molecule has 0 aliphatic heterocycles. The summed E-state index contributed by atoms with van der Waals surface area (Å²) >= 11 is 5.73. The molecule has 17 heavy (non-hydrogen) atoms. The van der Waals surface area contributed by atoms with Gasteiger partial charge >= 0.3 is 0 Å². The van der Waals surface area contributed by atoms with E-state index in [1.807, 2.05) is 0 Å². The number of nitrogens with two attached hydrogens (primary N) is 1. The molecular weight excluding hydrogens is 250 g/mol. The largest absolute Gasteiger partial charge is 0.397 e. The van der Waals surface area contributed by atoms with Crippen LogP contribution in [0, 0.1) is 11.6 Å². The van der Waals surface area contributed by atoms with Gasteiger partial charge in [-0.15, -0.1) is 0 Å². The molecule has 2 rings (SSSR count). The van der Waals surface area contributed by atoms with Crippen molar-refractivity contribution in [2.75, 3.05) is 10.6 Å². The zero-order valence-electron chi connectivity index (χ0n) is 9.14. The van der Waals surface area contributed by atoms with Crippen molar-refractivity contribution in [2.24, 2.45) is 0 Å². The number of carbonyl (C=O) groups is 1. The monoisotopic (exact) mass is 260 g/mol. The molecule has 3 nitrogen and oxygen atoms in total. The van der Waals surface area contributed by atoms with Gasteiger partial charge in [0, 0.05) is 19.0 Å². The molecule has 0 unspecified atom stereocenters. The Labute approximate surface area is 102 Å². The van der Waals surface area contributed by atoms with Crippen molar-refractivity contribution < 1.29 is 13.6 Å². The summed E-state index contributed by atoms with van der Waals surface area (Å²) in [4.78, 5) is 12.9. The highest BCUT2D eigenvalue weighted by Crippen LogP contribution is 2.41. The summed E-state index contributed by atoms with van der Waals surface area (Å²) in [7, 11) is 0. The van der Waals surface area contributed by atoms with E-state index in [-0.39, 0.29) is 23.3 Å². The first-order chi connectivity index (χ1) is 7.93. The number of hydrogen-bond donors (Lipinski definition) is 1. The molecular formula is C11H11ClF2N2O. The summed E-state index contributed by atoms with van der Waals surface area (Å²) in [6.45, 7) is 1.34. The van der Waals surface area contributed by atoms with E-state index in [0.717, 1.165) is 18.9 Å². The molecule has 2 N–H and O–H groups in total. The van der Waals surface area contributed by atoms with Gasteiger partial charge in [0.05, 0.1) is 11.4 Å². The lowest BCUT2D eigenvalue weighted by molar-refractivity contribution is -0.116. The summed E-state index contributed by atoms with van der Waals surface area (Å²) < 4.78 is 26.4. The Balaban J connectivity index is 2.57. The third-order valence-electron chi connectivity index (χ3n) is 2.66. The molecule has 0 spiro atoms. The predicted molar refractivity (Wildman–Crippen MR) is 62.0 cm³/mol. The molecule has 1 aliphatic rings. The first-order valence-electron chi connectivity index (χ1n) is 5.16. The molecule has 6 heteroatoms. The van der Waals surface area contributed by atoms with Gasteiger partial charge in [-0.3, -0.25) is 4.79 Å². The van der Waals surface area contributed by atoms with Crippen molar-refractivity contribution in [3.8, 4) is 0 Å². The minimum Gasteiger partial charge on any atom is -0.397 e. The number of benzene rings is 1. The van der Waals surface area contributed by atoms with Crippen molar-refractivity contribution in [3.05, 3.63) is 22.7 Å². The van der Waals surface area contributed by atoms with Crippen LogP contribution in [0.1, 0.15) is 19.8 Å². The quantitative estimate of drug-likeness (QED) is 0.656. The summed E-state index contributed by atoms with van der Waals surface area (Å²) in [5.41, 5.74) is 5.65. The molecule has 1 aliphatic carbocycles. The standard InChI is InChI=1S/C11H11ClF2N2O/c1-5(17)16(6-2-3-6)11-8(15)4-7(13)10(14)9(11)12/h4,6H,2-3,15H2,1H3. The normalized spacial score (nSPS) is 14.8. The van der Waals surface area contributed by atoms with Gasteiger partial charge in [0.1, 0.15) is 5.02 Å². The fourth-order valence-electron chi connectivity index (χ4n) is 1.78. The predicted octanol–water partition coefficient (Wildman–Crippen LogP) is 2.72. The smallest absolute Gasteiger partial charge is 0.224 e. The van der Waals surface area contributed by atoms with E-state index in [1.54, 1.807) is 0 Å². The maximum absolute atomic E-state index is 13.4. The molecule has 0 heterocycles. The molecule has 1 aromatic rings. The Kier molecular flexibility index (Phi) is 2.95. The van der Waals surface area contributed by atoms with E-state index in [9.17, 15) is 13.6 Å². The van der Waals surface area contributed by atoms with Gasteiger partial charge in [0.2, 0.25) is 5.91 Å². The van der Waals surface area contributed by atoms with E-state index < -0.39 is 16.7 Å².